The Kier molecular flexibility index (Phi) is 8.59. The minimum Gasteiger partial charge on any atom is -0.349 e. The first-order valence-electron chi connectivity index (χ1n) is 13.9. The molecule has 6 heteroatoms. The standard InChI is InChI=1S/C32H36FN3O2/c33-29-11-9-25(10-12-29)31(37)26-16-20-36(21-17-26)19-15-23-3-13-30(14-4-23)35-32(38)27-7-5-24(6-8-27)28-2-1-18-34-22-28/h1-2,5-12,18,22-23,26,30H,3-4,13-17,19-21H2,(H,35,38). The van der Waals surface area contributed by atoms with Crippen molar-refractivity contribution < 1.29 is 14.0 Å². The van der Waals surface area contributed by atoms with Gasteiger partial charge in [-0.15, -0.1) is 0 Å². The Morgan fingerprint density at radius 1 is 0.842 bits per heavy atom. The van der Waals surface area contributed by atoms with Crippen LogP contribution in [0.3, 0.4) is 0 Å². The molecule has 38 heavy (non-hydrogen) atoms. The molecule has 1 amide bonds. The van der Waals surface area contributed by atoms with Crippen molar-refractivity contribution in [3.63, 3.8) is 0 Å². The number of piperidine rings is 1. The number of nitrogens with one attached hydrogen (secondary N) is 1. The van der Waals surface area contributed by atoms with Crippen molar-refractivity contribution in [2.24, 2.45) is 11.8 Å². The van der Waals surface area contributed by atoms with Crippen molar-refractivity contribution in [1.29, 1.82) is 0 Å². The van der Waals surface area contributed by atoms with E-state index in [0.29, 0.717) is 17.0 Å². The van der Waals surface area contributed by atoms with Crippen LogP contribution in [0.25, 0.3) is 11.1 Å². The number of nitrogens with zero attached hydrogens (tertiary/aromatic N) is 2. The minimum atomic E-state index is -0.306. The van der Waals surface area contributed by atoms with Gasteiger partial charge in [0.2, 0.25) is 0 Å². The van der Waals surface area contributed by atoms with Gasteiger partial charge in [0.1, 0.15) is 5.82 Å². The zero-order valence-corrected chi connectivity index (χ0v) is 21.8. The molecule has 1 aliphatic heterocycles. The van der Waals surface area contributed by atoms with Gasteiger partial charge in [0.05, 0.1) is 0 Å². The predicted molar refractivity (Wildman–Crippen MR) is 147 cm³/mol. The van der Waals surface area contributed by atoms with Crippen LogP contribution in [-0.2, 0) is 0 Å². The summed E-state index contributed by atoms with van der Waals surface area (Å²) >= 11 is 0. The van der Waals surface area contributed by atoms with Gasteiger partial charge >= 0.3 is 0 Å². The Labute approximate surface area is 224 Å². The number of carbonyl (C=O) groups excluding carboxylic acids is 2. The summed E-state index contributed by atoms with van der Waals surface area (Å²) in [4.78, 5) is 32.1. The zero-order chi connectivity index (χ0) is 26.3. The number of ketones is 1. The van der Waals surface area contributed by atoms with Crippen molar-refractivity contribution in [2.75, 3.05) is 19.6 Å². The highest BCUT2D eigenvalue weighted by Gasteiger charge is 2.27. The molecule has 0 unspecified atom stereocenters. The second-order valence-corrected chi connectivity index (χ2v) is 10.8. The van der Waals surface area contributed by atoms with Crippen LogP contribution in [0.1, 0.15) is 65.7 Å². The summed E-state index contributed by atoms with van der Waals surface area (Å²) in [5.41, 5.74) is 3.41. The minimum absolute atomic E-state index is 0.00393. The van der Waals surface area contributed by atoms with E-state index in [2.05, 4.69) is 15.2 Å². The lowest BCUT2D eigenvalue weighted by Crippen LogP contribution is -2.39. The number of rotatable bonds is 8. The number of amides is 1. The summed E-state index contributed by atoms with van der Waals surface area (Å²) in [5.74, 6) is 0.584. The summed E-state index contributed by atoms with van der Waals surface area (Å²) in [6.07, 6.45) is 10.8. The second kappa shape index (κ2) is 12.4. The Morgan fingerprint density at radius 2 is 1.53 bits per heavy atom. The Morgan fingerprint density at radius 3 is 2.18 bits per heavy atom. The van der Waals surface area contributed by atoms with Gasteiger partial charge in [0.25, 0.3) is 5.91 Å². The number of likely N-dealkylation sites (tertiary alicyclic amines) is 1. The van der Waals surface area contributed by atoms with E-state index in [1.807, 2.05) is 42.6 Å². The van der Waals surface area contributed by atoms with Crippen molar-refractivity contribution in [3.05, 3.63) is 90.0 Å². The van der Waals surface area contributed by atoms with Crippen LogP contribution < -0.4 is 5.32 Å². The topological polar surface area (TPSA) is 62.3 Å². The van der Waals surface area contributed by atoms with Gasteiger partial charge in [-0.3, -0.25) is 14.6 Å². The third kappa shape index (κ3) is 6.73. The highest BCUT2D eigenvalue weighted by atomic mass is 19.1. The summed E-state index contributed by atoms with van der Waals surface area (Å²) in [6, 6.07) is 17.8. The molecule has 5 rings (SSSR count). The Bertz CT molecular complexity index is 1200. The maximum absolute atomic E-state index is 13.2. The number of halogens is 1. The van der Waals surface area contributed by atoms with Crippen molar-refractivity contribution in [1.82, 2.24) is 15.2 Å². The van der Waals surface area contributed by atoms with E-state index in [-0.39, 0.29) is 29.5 Å². The number of carbonyl (C=O) groups is 2. The van der Waals surface area contributed by atoms with Crippen LogP contribution in [0.5, 0.6) is 0 Å². The average molecular weight is 514 g/mol. The molecule has 1 aromatic heterocycles. The van der Waals surface area contributed by atoms with E-state index in [4.69, 9.17) is 0 Å². The fourth-order valence-electron chi connectivity index (χ4n) is 5.85. The van der Waals surface area contributed by atoms with Crippen molar-refractivity contribution >= 4 is 11.7 Å². The smallest absolute Gasteiger partial charge is 0.251 e. The number of hydrogen-bond donors (Lipinski definition) is 1. The maximum Gasteiger partial charge on any atom is 0.251 e. The molecule has 0 spiro atoms. The third-order valence-corrected chi connectivity index (χ3v) is 8.26. The van der Waals surface area contributed by atoms with Gasteiger partial charge in [-0.25, -0.2) is 4.39 Å². The summed E-state index contributed by atoms with van der Waals surface area (Å²) in [5, 5.41) is 3.24. The lowest BCUT2D eigenvalue weighted by molar-refractivity contribution is 0.0832. The summed E-state index contributed by atoms with van der Waals surface area (Å²) < 4.78 is 13.2. The first-order valence-corrected chi connectivity index (χ1v) is 13.9. The first-order chi connectivity index (χ1) is 18.5. The molecule has 1 saturated heterocycles. The third-order valence-electron chi connectivity index (χ3n) is 8.26. The van der Waals surface area contributed by atoms with E-state index >= 15 is 0 Å². The molecule has 2 aromatic carbocycles. The zero-order valence-electron chi connectivity index (χ0n) is 21.8. The Hall–Kier alpha value is -3.38. The van der Waals surface area contributed by atoms with Crippen LogP contribution in [0.4, 0.5) is 4.39 Å². The second-order valence-electron chi connectivity index (χ2n) is 10.8. The lowest BCUT2D eigenvalue weighted by atomic mass is 9.83. The van der Waals surface area contributed by atoms with Crippen LogP contribution in [0, 0.1) is 17.7 Å². The van der Waals surface area contributed by atoms with Crippen LogP contribution >= 0.6 is 0 Å². The van der Waals surface area contributed by atoms with Crippen LogP contribution in [-0.4, -0.2) is 47.3 Å². The van der Waals surface area contributed by atoms with Crippen LogP contribution in [0.15, 0.2) is 73.1 Å². The maximum atomic E-state index is 13.2. The van der Waals surface area contributed by atoms with Gasteiger partial charge in [0.15, 0.2) is 5.78 Å². The van der Waals surface area contributed by atoms with Crippen molar-refractivity contribution in [3.8, 4) is 11.1 Å². The molecule has 1 aliphatic carbocycles. The van der Waals surface area contributed by atoms with E-state index in [0.717, 1.165) is 69.3 Å². The molecule has 5 nitrogen and oxygen atoms in total. The van der Waals surface area contributed by atoms with Crippen molar-refractivity contribution in [2.45, 2.75) is 51.0 Å². The normalized spacial score (nSPS) is 20.7. The molecular formula is C32H36FN3O2. The van der Waals surface area contributed by atoms with Crippen LogP contribution in [0.2, 0.25) is 0 Å². The number of Topliss-reactive ketones (excluding diaryl/α,β-unsaturated/α-hetero) is 1. The van der Waals surface area contributed by atoms with Gasteiger partial charge in [-0.1, -0.05) is 18.2 Å². The number of benzene rings is 2. The largest absolute Gasteiger partial charge is 0.349 e. The molecule has 2 heterocycles. The van der Waals surface area contributed by atoms with E-state index in [1.165, 1.54) is 18.6 Å². The molecule has 0 radical (unpaired) electrons. The average Bonchev–Trinajstić information content (AvgIpc) is 2.97. The summed E-state index contributed by atoms with van der Waals surface area (Å²) in [6.45, 7) is 2.97. The number of pyridine rings is 1. The van der Waals surface area contributed by atoms with E-state index in [1.54, 1.807) is 18.3 Å². The molecule has 2 aliphatic rings. The highest BCUT2D eigenvalue weighted by molar-refractivity contribution is 5.98. The van der Waals surface area contributed by atoms with Gasteiger partial charge in [-0.2, -0.15) is 0 Å². The molecule has 198 valence electrons. The SMILES string of the molecule is O=C(NC1CCC(CCN2CCC(C(=O)c3ccc(F)cc3)CC2)CC1)c1ccc(-c2cccnc2)cc1. The predicted octanol–water partition coefficient (Wildman–Crippen LogP) is 6.16. The fourth-order valence-corrected chi connectivity index (χ4v) is 5.85. The van der Waals surface area contributed by atoms with Gasteiger partial charge < -0.3 is 10.2 Å². The van der Waals surface area contributed by atoms with Gasteiger partial charge in [0, 0.05) is 35.5 Å². The monoisotopic (exact) mass is 513 g/mol. The molecule has 1 N–H and O–H groups in total. The molecule has 0 atom stereocenters. The van der Waals surface area contributed by atoms with E-state index < -0.39 is 0 Å². The van der Waals surface area contributed by atoms with E-state index in [9.17, 15) is 14.0 Å². The lowest BCUT2D eigenvalue weighted by Gasteiger charge is -2.34. The molecule has 1 saturated carbocycles. The highest BCUT2D eigenvalue weighted by Crippen LogP contribution is 2.29. The summed E-state index contributed by atoms with van der Waals surface area (Å²) in [7, 11) is 0. The molecule has 3 aromatic rings. The van der Waals surface area contributed by atoms with Gasteiger partial charge in [-0.05, 0) is 124 Å². The number of aromatic nitrogens is 1. The Balaban J connectivity index is 1.00. The quantitative estimate of drug-likeness (QED) is 0.367. The molecule has 0 bridgehead atoms. The number of hydrogen-bond acceptors (Lipinski definition) is 4. The molecule has 2 fully saturated rings. The first kappa shape index (κ1) is 26.2. The molecular weight excluding hydrogens is 477 g/mol. The fraction of sp³-hybridized carbons (Fsp3) is 0.406.